The van der Waals surface area contributed by atoms with Crippen LogP contribution in [0.5, 0.6) is 0 Å². The molecule has 0 bridgehead atoms. The summed E-state index contributed by atoms with van der Waals surface area (Å²) in [5.74, 6) is 1.72. The molecule has 0 radical (unpaired) electrons. The van der Waals surface area contributed by atoms with Crippen molar-refractivity contribution in [2.75, 3.05) is 18.1 Å². The van der Waals surface area contributed by atoms with Gasteiger partial charge in [-0.15, -0.1) is 0 Å². The second-order valence-electron chi connectivity index (χ2n) is 4.04. The number of esters is 1. The van der Waals surface area contributed by atoms with Crippen molar-refractivity contribution in [1.82, 2.24) is 0 Å². The van der Waals surface area contributed by atoms with Gasteiger partial charge in [-0.1, -0.05) is 13.3 Å². The lowest BCUT2D eigenvalue weighted by Gasteiger charge is -2.18. The fourth-order valence-corrected chi connectivity index (χ4v) is 2.20. The molecule has 0 amide bonds. The van der Waals surface area contributed by atoms with Crippen molar-refractivity contribution >= 4 is 17.7 Å². The van der Waals surface area contributed by atoms with Gasteiger partial charge in [-0.25, -0.2) is 0 Å². The van der Waals surface area contributed by atoms with Crippen LogP contribution < -0.4 is 0 Å². The minimum absolute atomic E-state index is 0.109. The number of ether oxygens (including phenoxy) is 2. The number of thioether (sulfide) groups is 1. The smallest absolute Gasteiger partial charge is 0.303 e. The van der Waals surface area contributed by atoms with E-state index >= 15 is 0 Å². The van der Waals surface area contributed by atoms with Gasteiger partial charge in [0.15, 0.2) is 0 Å². The fourth-order valence-electron chi connectivity index (χ4n) is 1.11. The van der Waals surface area contributed by atoms with E-state index in [1.165, 1.54) is 19.8 Å². The van der Waals surface area contributed by atoms with E-state index in [4.69, 9.17) is 9.47 Å². The average molecular weight is 248 g/mol. The summed E-state index contributed by atoms with van der Waals surface area (Å²) in [5.41, 5.74) is 0. The van der Waals surface area contributed by atoms with Crippen LogP contribution in [0.2, 0.25) is 0 Å². The lowest BCUT2D eigenvalue weighted by atomic mass is 10.4. The third-order valence-electron chi connectivity index (χ3n) is 1.89. The van der Waals surface area contributed by atoms with E-state index in [1.54, 1.807) is 0 Å². The Hall–Kier alpha value is -0.220. The second-order valence-corrected chi connectivity index (χ2v) is 5.19. The maximum Gasteiger partial charge on any atom is 0.303 e. The Morgan fingerprint density at radius 2 is 2.06 bits per heavy atom. The van der Waals surface area contributed by atoms with Crippen molar-refractivity contribution in [2.24, 2.45) is 0 Å². The Morgan fingerprint density at radius 3 is 2.56 bits per heavy atom. The molecule has 0 aliphatic carbocycles. The predicted molar refractivity (Wildman–Crippen MR) is 68.9 cm³/mol. The fraction of sp³-hybridized carbons (Fsp3) is 0.917. The second kappa shape index (κ2) is 9.97. The number of rotatable bonds is 9. The summed E-state index contributed by atoms with van der Waals surface area (Å²) < 4.78 is 10.7. The van der Waals surface area contributed by atoms with Crippen LogP contribution in [0.25, 0.3) is 0 Å². The lowest BCUT2D eigenvalue weighted by molar-refractivity contribution is -0.148. The van der Waals surface area contributed by atoms with E-state index in [0.717, 1.165) is 11.5 Å². The van der Waals surface area contributed by atoms with Gasteiger partial charge in [-0.2, -0.15) is 11.8 Å². The molecule has 1 atom stereocenters. The molecular weight excluding hydrogens is 224 g/mol. The maximum absolute atomic E-state index is 10.9. The number of hydrogen-bond acceptors (Lipinski definition) is 4. The average Bonchev–Trinajstić information content (AvgIpc) is 2.19. The normalized spacial score (nSPS) is 12.8. The zero-order chi connectivity index (χ0) is 12.4. The first-order chi connectivity index (χ1) is 7.56. The van der Waals surface area contributed by atoms with Crippen LogP contribution in [0.3, 0.4) is 0 Å². The molecule has 4 heteroatoms. The van der Waals surface area contributed by atoms with E-state index in [1.807, 2.05) is 25.6 Å². The van der Waals surface area contributed by atoms with Crippen molar-refractivity contribution in [3.63, 3.8) is 0 Å². The summed E-state index contributed by atoms with van der Waals surface area (Å²) in [5, 5.41) is 0. The standard InChI is InChI=1S/C12H24O3S/c1-5-6-7-16-9-12(15-11(4)13)8-14-10(2)3/h10,12H,5-9H2,1-4H3/t12-/m0/s1. The van der Waals surface area contributed by atoms with Crippen LogP contribution in [0.15, 0.2) is 0 Å². The Labute approximate surface area is 103 Å². The molecule has 0 aliphatic heterocycles. The van der Waals surface area contributed by atoms with Crippen molar-refractivity contribution in [2.45, 2.75) is 52.7 Å². The Bertz CT molecular complexity index is 183. The monoisotopic (exact) mass is 248 g/mol. The highest BCUT2D eigenvalue weighted by Crippen LogP contribution is 2.10. The van der Waals surface area contributed by atoms with Gasteiger partial charge >= 0.3 is 5.97 Å². The molecule has 0 aromatic heterocycles. The van der Waals surface area contributed by atoms with Crippen LogP contribution in [0, 0.1) is 0 Å². The van der Waals surface area contributed by atoms with E-state index in [0.29, 0.717) is 6.61 Å². The largest absolute Gasteiger partial charge is 0.459 e. The number of carbonyl (C=O) groups is 1. The molecule has 0 aliphatic rings. The quantitative estimate of drug-likeness (QED) is 0.464. The number of hydrogen-bond donors (Lipinski definition) is 0. The molecule has 96 valence electrons. The van der Waals surface area contributed by atoms with Crippen LogP contribution in [0.4, 0.5) is 0 Å². The molecule has 0 aromatic carbocycles. The molecule has 0 fully saturated rings. The van der Waals surface area contributed by atoms with E-state index in [9.17, 15) is 4.79 Å². The molecule has 0 spiro atoms. The summed E-state index contributed by atoms with van der Waals surface area (Å²) in [6, 6.07) is 0. The van der Waals surface area contributed by atoms with E-state index in [-0.39, 0.29) is 18.2 Å². The van der Waals surface area contributed by atoms with Crippen LogP contribution in [0.1, 0.15) is 40.5 Å². The minimum atomic E-state index is -0.228. The minimum Gasteiger partial charge on any atom is -0.459 e. The van der Waals surface area contributed by atoms with Crippen molar-refractivity contribution in [3.05, 3.63) is 0 Å². The third-order valence-corrected chi connectivity index (χ3v) is 3.08. The van der Waals surface area contributed by atoms with Gasteiger partial charge < -0.3 is 9.47 Å². The van der Waals surface area contributed by atoms with Crippen molar-refractivity contribution < 1.29 is 14.3 Å². The first-order valence-electron chi connectivity index (χ1n) is 5.92. The molecule has 0 unspecified atom stereocenters. The van der Waals surface area contributed by atoms with E-state index < -0.39 is 0 Å². The molecular formula is C12H24O3S. The highest BCUT2D eigenvalue weighted by Gasteiger charge is 2.13. The van der Waals surface area contributed by atoms with Gasteiger partial charge in [-0.05, 0) is 26.0 Å². The van der Waals surface area contributed by atoms with Crippen LogP contribution in [-0.4, -0.2) is 36.3 Å². The summed E-state index contributed by atoms with van der Waals surface area (Å²) in [6.07, 6.45) is 2.48. The Morgan fingerprint density at radius 1 is 1.38 bits per heavy atom. The molecule has 0 aromatic rings. The van der Waals surface area contributed by atoms with Gasteiger partial charge in [-0.3, -0.25) is 4.79 Å². The topological polar surface area (TPSA) is 35.5 Å². The first-order valence-corrected chi connectivity index (χ1v) is 7.08. The SMILES string of the molecule is CCCCSC[C@H](COC(C)C)OC(C)=O. The Balaban J connectivity index is 3.76. The number of carbonyl (C=O) groups excluding carboxylic acids is 1. The highest BCUT2D eigenvalue weighted by atomic mass is 32.2. The summed E-state index contributed by atoms with van der Waals surface area (Å²) in [7, 11) is 0. The van der Waals surface area contributed by atoms with Crippen LogP contribution in [-0.2, 0) is 14.3 Å². The maximum atomic E-state index is 10.9. The highest BCUT2D eigenvalue weighted by molar-refractivity contribution is 7.99. The molecule has 0 N–H and O–H groups in total. The first kappa shape index (κ1) is 15.8. The van der Waals surface area contributed by atoms with Gasteiger partial charge in [0.2, 0.25) is 0 Å². The summed E-state index contributed by atoms with van der Waals surface area (Å²) in [4.78, 5) is 10.9. The molecule has 0 saturated heterocycles. The van der Waals surface area contributed by atoms with Gasteiger partial charge in [0.25, 0.3) is 0 Å². The Kier molecular flexibility index (Phi) is 9.83. The van der Waals surface area contributed by atoms with Gasteiger partial charge in [0, 0.05) is 12.7 Å². The van der Waals surface area contributed by atoms with Crippen molar-refractivity contribution in [3.8, 4) is 0 Å². The zero-order valence-electron chi connectivity index (χ0n) is 10.8. The molecule has 3 nitrogen and oxygen atoms in total. The van der Waals surface area contributed by atoms with Crippen LogP contribution >= 0.6 is 11.8 Å². The van der Waals surface area contributed by atoms with Crippen molar-refractivity contribution in [1.29, 1.82) is 0 Å². The molecule has 0 heterocycles. The predicted octanol–water partition coefficient (Wildman–Crippen LogP) is 2.88. The summed E-state index contributed by atoms with van der Waals surface area (Å²) in [6.45, 7) is 8.07. The number of unbranched alkanes of at least 4 members (excludes halogenated alkanes) is 1. The zero-order valence-corrected chi connectivity index (χ0v) is 11.6. The third kappa shape index (κ3) is 10.3. The molecule has 0 rings (SSSR count). The van der Waals surface area contributed by atoms with Gasteiger partial charge in [0.1, 0.15) is 6.10 Å². The molecule has 16 heavy (non-hydrogen) atoms. The van der Waals surface area contributed by atoms with Gasteiger partial charge in [0.05, 0.1) is 12.7 Å². The lowest BCUT2D eigenvalue weighted by Crippen LogP contribution is -2.26. The summed E-state index contributed by atoms with van der Waals surface area (Å²) >= 11 is 1.82. The molecule has 0 saturated carbocycles. The van der Waals surface area contributed by atoms with E-state index in [2.05, 4.69) is 6.92 Å².